The molecule has 0 bridgehead atoms. The van der Waals surface area contributed by atoms with Crippen LogP contribution in [0.2, 0.25) is 0 Å². The van der Waals surface area contributed by atoms with Crippen molar-refractivity contribution in [1.29, 1.82) is 0 Å². The second-order valence-corrected chi connectivity index (χ2v) is 7.03. The molecule has 23 heavy (non-hydrogen) atoms. The van der Waals surface area contributed by atoms with Crippen molar-refractivity contribution in [2.45, 2.75) is 71.6 Å². The van der Waals surface area contributed by atoms with Gasteiger partial charge in [-0.15, -0.1) is 0 Å². The third kappa shape index (κ3) is 3.36. The molecule has 2 N–H and O–H groups in total. The van der Waals surface area contributed by atoms with Crippen LogP contribution in [0.1, 0.15) is 71.6 Å². The molecular formula is C19H28O4. The summed E-state index contributed by atoms with van der Waals surface area (Å²) in [5, 5.41) is 19.6. The number of hydrogen-bond donors (Lipinski definition) is 2. The smallest absolute Gasteiger partial charge is 0.331 e. The van der Waals surface area contributed by atoms with E-state index in [1.165, 1.54) is 0 Å². The molecule has 4 nitrogen and oxygen atoms in total. The van der Waals surface area contributed by atoms with Gasteiger partial charge in [-0.05, 0) is 50.5 Å². The van der Waals surface area contributed by atoms with Crippen LogP contribution in [0.4, 0.5) is 0 Å². The first-order valence-electron chi connectivity index (χ1n) is 8.81. The molecule has 0 aromatic rings. The minimum absolute atomic E-state index is 0.0549. The van der Waals surface area contributed by atoms with Crippen LogP contribution in [0.3, 0.4) is 0 Å². The fourth-order valence-corrected chi connectivity index (χ4v) is 4.31. The summed E-state index contributed by atoms with van der Waals surface area (Å²) in [5.74, 6) is -1.76. The zero-order valence-electron chi connectivity index (χ0n) is 14.2. The Morgan fingerprint density at radius 3 is 2.39 bits per heavy atom. The number of hydrogen-bond acceptors (Lipinski definition) is 2. The molecule has 0 aromatic carbocycles. The lowest BCUT2D eigenvalue weighted by Crippen LogP contribution is -2.44. The van der Waals surface area contributed by atoms with Gasteiger partial charge in [0.15, 0.2) is 0 Å². The van der Waals surface area contributed by atoms with Crippen molar-refractivity contribution in [3.63, 3.8) is 0 Å². The fourth-order valence-electron chi connectivity index (χ4n) is 4.31. The van der Waals surface area contributed by atoms with Crippen LogP contribution >= 0.6 is 0 Å². The SMILES string of the molecule is CCCCC1=CC(C)=C(C(=O)O)CC1(C(=O)O)C1CCCCC1. The van der Waals surface area contributed by atoms with Gasteiger partial charge < -0.3 is 10.2 Å². The molecule has 0 spiro atoms. The van der Waals surface area contributed by atoms with Crippen molar-refractivity contribution < 1.29 is 19.8 Å². The van der Waals surface area contributed by atoms with E-state index in [0.29, 0.717) is 0 Å². The van der Waals surface area contributed by atoms with Crippen molar-refractivity contribution in [2.24, 2.45) is 11.3 Å². The summed E-state index contributed by atoms with van der Waals surface area (Å²) in [5.41, 5.74) is 0.929. The summed E-state index contributed by atoms with van der Waals surface area (Å²) in [7, 11) is 0. The first-order chi connectivity index (χ1) is 10.9. The van der Waals surface area contributed by atoms with Gasteiger partial charge in [0.05, 0.1) is 5.41 Å². The zero-order valence-corrected chi connectivity index (χ0v) is 14.2. The topological polar surface area (TPSA) is 74.6 Å². The van der Waals surface area contributed by atoms with E-state index in [0.717, 1.165) is 62.5 Å². The molecule has 4 heteroatoms. The van der Waals surface area contributed by atoms with Gasteiger partial charge in [0, 0.05) is 5.57 Å². The predicted octanol–water partition coefficient (Wildman–Crippen LogP) is 4.56. The molecule has 1 fully saturated rings. The lowest BCUT2D eigenvalue weighted by Gasteiger charge is -2.43. The second-order valence-electron chi connectivity index (χ2n) is 7.03. The minimum Gasteiger partial charge on any atom is -0.481 e. The van der Waals surface area contributed by atoms with E-state index in [9.17, 15) is 19.8 Å². The first-order valence-corrected chi connectivity index (χ1v) is 8.81. The Morgan fingerprint density at radius 1 is 1.22 bits per heavy atom. The third-order valence-electron chi connectivity index (χ3n) is 5.64. The highest BCUT2D eigenvalue weighted by molar-refractivity contribution is 5.92. The number of carboxylic acids is 2. The van der Waals surface area contributed by atoms with Crippen molar-refractivity contribution in [1.82, 2.24) is 0 Å². The first kappa shape index (κ1) is 17.8. The number of rotatable bonds is 6. The van der Waals surface area contributed by atoms with Crippen LogP contribution in [0.25, 0.3) is 0 Å². The van der Waals surface area contributed by atoms with E-state index >= 15 is 0 Å². The molecule has 2 aliphatic carbocycles. The van der Waals surface area contributed by atoms with Gasteiger partial charge in [-0.3, -0.25) is 4.79 Å². The molecule has 0 aliphatic heterocycles. The predicted molar refractivity (Wildman–Crippen MR) is 89.2 cm³/mol. The second kappa shape index (κ2) is 7.33. The Kier molecular flexibility index (Phi) is 5.66. The molecule has 128 valence electrons. The third-order valence-corrected chi connectivity index (χ3v) is 5.64. The maximum atomic E-state index is 12.4. The molecule has 1 atom stereocenters. The molecular weight excluding hydrogens is 292 g/mol. The van der Waals surface area contributed by atoms with Gasteiger partial charge in [0.1, 0.15) is 0 Å². The average Bonchev–Trinajstić information content (AvgIpc) is 2.53. The van der Waals surface area contributed by atoms with Crippen LogP contribution in [0.5, 0.6) is 0 Å². The molecule has 2 rings (SSSR count). The fraction of sp³-hybridized carbons (Fsp3) is 0.684. The summed E-state index contributed by atoms with van der Waals surface area (Å²) >= 11 is 0. The molecule has 0 amide bonds. The molecule has 1 unspecified atom stereocenters. The molecule has 1 saturated carbocycles. The summed E-state index contributed by atoms with van der Waals surface area (Å²) in [6, 6.07) is 0. The lowest BCUT2D eigenvalue weighted by molar-refractivity contribution is -0.151. The Bertz CT molecular complexity index is 538. The molecule has 0 saturated heterocycles. The summed E-state index contributed by atoms with van der Waals surface area (Å²) in [6.07, 6.45) is 9.75. The lowest BCUT2D eigenvalue weighted by atomic mass is 9.58. The number of aliphatic carboxylic acids is 2. The Labute approximate surface area is 138 Å². The zero-order chi connectivity index (χ0) is 17.0. The van der Waals surface area contributed by atoms with Crippen LogP contribution in [0.15, 0.2) is 22.8 Å². The highest BCUT2D eigenvalue weighted by Crippen LogP contribution is 2.52. The van der Waals surface area contributed by atoms with Crippen molar-refractivity contribution in [3.05, 3.63) is 22.8 Å². The number of unbranched alkanes of at least 4 members (excludes halogenated alkanes) is 1. The van der Waals surface area contributed by atoms with Crippen LogP contribution in [-0.4, -0.2) is 22.2 Å². The summed E-state index contributed by atoms with van der Waals surface area (Å²) < 4.78 is 0. The highest BCUT2D eigenvalue weighted by atomic mass is 16.4. The van der Waals surface area contributed by atoms with E-state index in [1.807, 2.05) is 6.08 Å². The van der Waals surface area contributed by atoms with E-state index < -0.39 is 17.4 Å². The maximum Gasteiger partial charge on any atom is 0.331 e. The van der Waals surface area contributed by atoms with Crippen LogP contribution < -0.4 is 0 Å². The van der Waals surface area contributed by atoms with E-state index in [-0.39, 0.29) is 17.9 Å². The molecule has 2 aliphatic rings. The van der Waals surface area contributed by atoms with Gasteiger partial charge in [-0.2, -0.15) is 0 Å². The summed E-state index contributed by atoms with van der Waals surface area (Å²) in [4.78, 5) is 24.0. The van der Waals surface area contributed by atoms with Gasteiger partial charge in [-0.1, -0.05) is 44.3 Å². The van der Waals surface area contributed by atoms with Crippen molar-refractivity contribution in [2.75, 3.05) is 0 Å². The van der Waals surface area contributed by atoms with E-state index in [1.54, 1.807) is 6.92 Å². The highest BCUT2D eigenvalue weighted by Gasteiger charge is 2.51. The van der Waals surface area contributed by atoms with Crippen molar-refractivity contribution >= 4 is 11.9 Å². The average molecular weight is 320 g/mol. The monoisotopic (exact) mass is 320 g/mol. The van der Waals surface area contributed by atoms with Gasteiger partial charge in [-0.25, -0.2) is 4.79 Å². The summed E-state index contributed by atoms with van der Waals surface area (Å²) in [6.45, 7) is 3.89. The van der Waals surface area contributed by atoms with E-state index in [4.69, 9.17) is 0 Å². The molecule has 0 radical (unpaired) electrons. The van der Waals surface area contributed by atoms with Crippen molar-refractivity contribution in [3.8, 4) is 0 Å². The van der Waals surface area contributed by atoms with Crippen LogP contribution in [-0.2, 0) is 9.59 Å². The molecule has 0 heterocycles. The Balaban J connectivity index is 2.50. The minimum atomic E-state index is -1.01. The standard InChI is InChI=1S/C19H28O4/c1-3-4-8-15-11-13(2)16(17(20)21)12-19(15,18(22)23)14-9-6-5-7-10-14/h11,14H,3-10,12H2,1-2H3,(H,20,21)(H,22,23). The Hall–Kier alpha value is -1.58. The number of carboxylic acid groups (broad SMARTS) is 2. The largest absolute Gasteiger partial charge is 0.481 e. The Morgan fingerprint density at radius 2 is 1.87 bits per heavy atom. The van der Waals surface area contributed by atoms with Gasteiger partial charge in [0.25, 0.3) is 0 Å². The number of allylic oxidation sites excluding steroid dienone is 2. The van der Waals surface area contributed by atoms with Crippen LogP contribution in [0, 0.1) is 11.3 Å². The van der Waals surface area contributed by atoms with E-state index in [2.05, 4.69) is 6.92 Å². The molecule has 0 aromatic heterocycles. The quantitative estimate of drug-likeness (QED) is 0.752. The van der Waals surface area contributed by atoms with Gasteiger partial charge in [0.2, 0.25) is 0 Å². The maximum absolute atomic E-state index is 12.4. The normalized spacial score (nSPS) is 26.1. The van der Waals surface area contributed by atoms with Gasteiger partial charge >= 0.3 is 11.9 Å². The number of carbonyl (C=O) groups is 2.